The van der Waals surface area contributed by atoms with E-state index < -0.39 is 0 Å². The highest BCUT2D eigenvalue weighted by Crippen LogP contribution is 2.06. The van der Waals surface area contributed by atoms with E-state index in [0.717, 1.165) is 26.2 Å². The summed E-state index contributed by atoms with van der Waals surface area (Å²) >= 11 is 0. The van der Waals surface area contributed by atoms with Crippen molar-refractivity contribution in [1.82, 2.24) is 4.90 Å². The third-order valence-electron chi connectivity index (χ3n) is 4.39. The van der Waals surface area contributed by atoms with Crippen molar-refractivity contribution in [2.45, 2.75) is 51.6 Å². The van der Waals surface area contributed by atoms with Crippen molar-refractivity contribution >= 4 is 0 Å². The number of hydrogen-bond acceptors (Lipinski definition) is 6. The molecule has 1 heterocycles. The van der Waals surface area contributed by atoms with Gasteiger partial charge in [0.15, 0.2) is 0 Å². The molecule has 1 unspecified atom stereocenters. The van der Waals surface area contributed by atoms with Gasteiger partial charge in [0, 0.05) is 13.1 Å². The molecule has 0 spiro atoms. The van der Waals surface area contributed by atoms with Crippen LogP contribution in [0.15, 0.2) is 0 Å². The third kappa shape index (κ3) is 13.6. The summed E-state index contributed by atoms with van der Waals surface area (Å²) in [7, 11) is 0. The molecule has 0 radical (unpaired) electrons. The summed E-state index contributed by atoms with van der Waals surface area (Å²) in [6, 6.07) is 0. The van der Waals surface area contributed by atoms with Crippen LogP contribution in [0.1, 0.15) is 45.4 Å². The molecular formula is C19H39NO5. The van der Waals surface area contributed by atoms with Gasteiger partial charge >= 0.3 is 0 Å². The number of ether oxygens (including phenoxy) is 4. The van der Waals surface area contributed by atoms with Crippen LogP contribution in [0.5, 0.6) is 0 Å². The minimum absolute atomic E-state index is 0.0348. The molecule has 0 amide bonds. The minimum atomic E-state index is -0.280. The number of hydrogen-bond donors (Lipinski definition) is 1. The summed E-state index contributed by atoms with van der Waals surface area (Å²) in [5.41, 5.74) is 0. The molecule has 0 saturated carbocycles. The summed E-state index contributed by atoms with van der Waals surface area (Å²) in [5, 5.41) is 9.24. The molecule has 1 atom stereocenters. The van der Waals surface area contributed by atoms with Gasteiger partial charge in [0.25, 0.3) is 0 Å². The predicted octanol–water partition coefficient (Wildman–Crippen LogP) is 2.09. The molecule has 0 aromatic heterocycles. The van der Waals surface area contributed by atoms with E-state index >= 15 is 0 Å². The Morgan fingerprint density at radius 3 is 2.16 bits per heavy atom. The van der Waals surface area contributed by atoms with E-state index in [2.05, 4.69) is 11.8 Å². The van der Waals surface area contributed by atoms with Gasteiger partial charge in [-0.2, -0.15) is 0 Å². The van der Waals surface area contributed by atoms with Crippen molar-refractivity contribution in [1.29, 1.82) is 0 Å². The van der Waals surface area contributed by atoms with Gasteiger partial charge in [0.05, 0.1) is 52.9 Å². The number of unbranched alkanes of at least 4 members (excludes halogenated alkanes) is 5. The van der Waals surface area contributed by atoms with Crippen molar-refractivity contribution in [3.63, 3.8) is 0 Å². The molecule has 1 aliphatic heterocycles. The lowest BCUT2D eigenvalue weighted by molar-refractivity contribution is -0.0642. The fraction of sp³-hybridized carbons (Fsp3) is 1.00. The predicted molar refractivity (Wildman–Crippen MR) is 99.1 cm³/mol. The molecule has 1 saturated heterocycles. The zero-order chi connectivity index (χ0) is 18.0. The van der Waals surface area contributed by atoms with Crippen LogP contribution >= 0.6 is 0 Å². The van der Waals surface area contributed by atoms with Gasteiger partial charge < -0.3 is 24.1 Å². The molecule has 25 heavy (non-hydrogen) atoms. The average Bonchev–Trinajstić information content (AvgIpc) is 2.64. The Labute approximate surface area is 153 Å². The SMILES string of the molecule is CCCCCCCCN1CCOCCOCC(CO)OCCOCC1. The van der Waals surface area contributed by atoms with Crippen LogP contribution in [-0.4, -0.2) is 88.6 Å². The molecule has 0 aromatic rings. The molecule has 0 aliphatic carbocycles. The summed E-state index contributed by atoms with van der Waals surface area (Å²) in [5.74, 6) is 0. The van der Waals surface area contributed by atoms with Gasteiger partial charge in [-0.05, 0) is 13.0 Å². The van der Waals surface area contributed by atoms with Crippen LogP contribution in [0.3, 0.4) is 0 Å². The second kappa shape index (κ2) is 17.2. The Balaban J connectivity index is 2.23. The lowest BCUT2D eigenvalue weighted by Crippen LogP contribution is -2.32. The van der Waals surface area contributed by atoms with Crippen molar-refractivity contribution in [2.24, 2.45) is 0 Å². The molecule has 150 valence electrons. The summed E-state index contributed by atoms with van der Waals surface area (Å²) < 4.78 is 22.4. The summed E-state index contributed by atoms with van der Waals surface area (Å²) in [6.07, 6.45) is 7.63. The monoisotopic (exact) mass is 361 g/mol. The maximum atomic E-state index is 9.24. The van der Waals surface area contributed by atoms with Crippen molar-refractivity contribution < 1.29 is 24.1 Å². The molecule has 6 heteroatoms. The van der Waals surface area contributed by atoms with Gasteiger partial charge in [-0.15, -0.1) is 0 Å². The Morgan fingerprint density at radius 2 is 1.44 bits per heavy atom. The summed E-state index contributed by atoms with van der Waals surface area (Å²) in [4.78, 5) is 2.43. The van der Waals surface area contributed by atoms with Gasteiger partial charge in [-0.3, -0.25) is 4.90 Å². The standard InChI is InChI=1S/C19H39NO5/c1-2-3-4-5-6-7-8-20-9-11-22-13-14-24-18-19(17-21)25-16-15-23-12-10-20/h19,21H,2-18H2,1H3. The molecule has 1 aliphatic rings. The van der Waals surface area contributed by atoms with Crippen molar-refractivity contribution in [3.05, 3.63) is 0 Å². The van der Waals surface area contributed by atoms with Crippen molar-refractivity contribution in [3.8, 4) is 0 Å². The molecule has 1 rings (SSSR count). The van der Waals surface area contributed by atoms with Crippen LogP contribution < -0.4 is 0 Å². The van der Waals surface area contributed by atoms with Gasteiger partial charge in [-0.25, -0.2) is 0 Å². The first-order valence-corrected chi connectivity index (χ1v) is 10.0. The third-order valence-corrected chi connectivity index (χ3v) is 4.39. The maximum absolute atomic E-state index is 9.24. The molecule has 6 nitrogen and oxygen atoms in total. The zero-order valence-corrected chi connectivity index (χ0v) is 16.1. The van der Waals surface area contributed by atoms with E-state index in [1.165, 1.54) is 38.5 Å². The van der Waals surface area contributed by atoms with E-state index in [1.54, 1.807) is 0 Å². The Hall–Kier alpha value is -0.240. The Bertz CT molecular complexity index is 281. The number of aliphatic hydroxyl groups is 1. The van der Waals surface area contributed by atoms with Crippen LogP contribution in [0, 0.1) is 0 Å². The summed E-state index contributed by atoms with van der Waals surface area (Å²) in [6.45, 7) is 9.18. The molecule has 1 N–H and O–H groups in total. The van der Waals surface area contributed by atoms with E-state index in [0.29, 0.717) is 39.6 Å². The second-order valence-electron chi connectivity index (χ2n) is 6.58. The van der Waals surface area contributed by atoms with Crippen LogP contribution in [0.4, 0.5) is 0 Å². The minimum Gasteiger partial charge on any atom is -0.394 e. The van der Waals surface area contributed by atoms with Crippen LogP contribution in [0.25, 0.3) is 0 Å². The highest BCUT2D eigenvalue weighted by atomic mass is 16.6. The van der Waals surface area contributed by atoms with E-state index in [9.17, 15) is 5.11 Å². The fourth-order valence-electron chi connectivity index (χ4n) is 2.80. The lowest BCUT2D eigenvalue weighted by Gasteiger charge is -2.22. The van der Waals surface area contributed by atoms with E-state index in [1.807, 2.05) is 0 Å². The van der Waals surface area contributed by atoms with Crippen LogP contribution in [0.2, 0.25) is 0 Å². The van der Waals surface area contributed by atoms with Gasteiger partial charge in [0.1, 0.15) is 6.10 Å². The Morgan fingerprint density at radius 1 is 0.800 bits per heavy atom. The smallest absolute Gasteiger partial charge is 0.104 e. The van der Waals surface area contributed by atoms with Gasteiger partial charge in [-0.1, -0.05) is 39.0 Å². The highest BCUT2D eigenvalue weighted by Gasteiger charge is 2.09. The Kier molecular flexibility index (Phi) is 15.7. The van der Waals surface area contributed by atoms with E-state index in [-0.39, 0.29) is 12.7 Å². The first-order valence-electron chi connectivity index (χ1n) is 10.0. The number of aliphatic hydroxyl groups excluding tert-OH is 1. The van der Waals surface area contributed by atoms with Crippen molar-refractivity contribution in [2.75, 3.05) is 72.5 Å². The quantitative estimate of drug-likeness (QED) is 0.668. The first-order chi connectivity index (χ1) is 12.4. The molecular weight excluding hydrogens is 322 g/mol. The number of nitrogens with zero attached hydrogens (tertiary/aromatic N) is 1. The highest BCUT2D eigenvalue weighted by molar-refractivity contribution is 4.59. The zero-order valence-electron chi connectivity index (χ0n) is 16.1. The van der Waals surface area contributed by atoms with Crippen LogP contribution in [-0.2, 0) is 18.9 Å². The second-order valence-corrected chi connectivity index (χ2v) is 6.58. The normalized spacial score (nSPS) is 23.0. The largest absolute Gasteiger partial charge is 0.394 e. The fourth-order valence-corrected chi connectivity index (χ4v) is 2.80. The maximum Gasteiger partial charge on any atom is 0.104 e. The molecule has 1 fully saturated rings. The number of rotatable bonds is 8. The first kappa shape index (κ1) is 22.8. The average molecular weight is 362 g/mol. The lowest BCUT2D eigenvalue weighted by atomic mass is 10.1. The molecule has 0 bridgehead atoms. The van der Waals surface area contributed by atoms with Gasteiger partial charge in [0.2, 0.25) is 0 Å². The van der Waals surface area contributed by atoms with E-state index in [4.69, 9.17) is 18.9 Å². The molecule has 0 aromatic carbocycles. The topological polar surface area (TPSA) is 60.4 Å².